The summed E-state index contributed by atoms with van der Waals surface area (Å²) < 4.78 is 0. The molecular weight excluding hydrogens is 260 g/mol. The number of benzene rings is 2. The van der Waals surface area contributed by atoms with Crippen molar-refractivity contribution in [2.24, 2.45) is 5.73 Å². The Morgan fingerprint density at radius 1 is 1.10 bits per heavy atom. The van der Waals surface area contributed by atoms with Crippen LogP contribution in [0.1, 0.15) is 22.6 Å². The highest BCUT2D eigenvalue weighted by molar-refractivity contribution is 5.83. The van der Waals surface area contributed by atoms with E-state index in [0.717, 1.165) is 11.1 Å². The van der Waals surface area contributed by atoms with Crippen LogP contribution in [0.2, 0.25) is 0 Å². The van der Waals surface area contributed by atoms with Crippen LogP contribution in [0.25, 0.3) is 0 Å². The van der Waals surface area contributed by atoms with E-state index in [2.05, 4.69) is 19.1 Å². The lowest BCUT2D eigenvalue weighted by molar-refractivity contribution is -0.131. The van der Waals surface area contributed by atoms with E-state index in [1.165, 1.54) is 5.56 Å². The number of amides is 1. The minimum absolute atomic E-state index is 0.0620. The monoisotopic (exact) mass is 282 g/mol. The van der Waals surface area contributed by atoms with Crippen molar-refractivity contribution in [1.29, 1.82) is 0 Å². The molecule has 21 heavy (non-hydrogen) atoms. The van der Waals surface area contributed by atoms with Crippen molar-refractivity contribution in [3.8, 4) is 0 Å². The van der Waals surface area contributed by atoms with Gasteiger partial charge in [-0.15, -0.1) is 0 Å². The molecular formula is C18H22N2O. The van der Waals surface area contributed by atoms with Gasteiger partial charge in [0.15, 0.2) is 0 Å². The second-order valence-corrected chi connectivity index (χ2v) is 5.32. The standard InChI is InChI=1S/C18H22N2O/c1-14-8-6-7-11-16(14)13-20(2)18(21)17(12-19)15-9-4-3-5-10-15/h3-11,17H,12-13,19H2,1-2H3/t17-/m0/s1. The minimum atomic E-state index is -0.278. The van der Waals surface area contributed by atoms with Crippen molar-refractivity contribution in [1.82, 2.24) is 4.90 Å². The third-order valence-corrected chi connectivity index (χ3v) is 3.78. The van der Waals surface area contributed by atoms with E-state index in [-0.39, 0.29) is 11.8 Å². The van der Waals surface area contributed by atoms with Gasteiger partial charge in [-0.3, -0.25) is 4.79 Å². The van der Waals surface area contributed by atoms with Crippen molar-refractivity contribution < 1.29 is 4.79 Å². The van der Waals surface area contributed by atoms with Crippen LogP contribution in [0.5, 0.6) is 0 Å². The number of hydrogen-bond acceptors (Lipinski definition) is 2. The average molecular weight is 282 g/mol. The molecule has 0 fully saturated rings. The molecule has 3 nitrogen and oxygen atoms in total. The van der Waals surface area contributed by atoms with Gasteiger partial charge in [-0.2, -0.15) is 0 Å². The van der Waals surface area contributed by atoms with E-state index in [0.29, 0.717) is 13.1 Å². The molecule has 0 aliphatic heterocycles. The van der Waals surface area contributed by atoms with Crippen LogP contribution in [0, 0.1) is 6.92 Å². The summed E-state index contributed by atoms with van der Waals surface area (Å²) in [5, 5.41) is 0. The topological polar surface area (TPSA) is 46.3 Å². The largest absolute Gasteiger partial charge is 0.341 e. The number of aryl methyl sites for hydroxylation is 1. The summed E-state index contributed by atoms with van der Waals surface area (Å²) in [7, 11) is 1.83. The molecule has 0 aromatic heterocycles. The predicted octanol–water partition coefficient (Wildman–Crippen LogP) is 2.70. The molecule has 0 spiro atoms. The van der Waals surface area contributed by atoms with E-state index in [1.54, 1.807) is 4.90 Å². The second kappa shape index (κ2) is 7.04. The number of likely N-dealkylation sites (N-methyl/N-ethyl adjacent to an activating group) is 1. The number of carbonyl (C=O) groups is 1. The van der Waals surface area contributed by atoms with E-state index in [4.69, 9.17) is 5.73 Å². The molecule has 3 heteroatoms. The fourth-order valence-corrected chi connectivity index (χ4v) is 2.45. The average Bonchev–Trinajstić information content (AvgIpc) is 2.51. The lowest BCUT2D eigenvalue weighted by Gasteiger charge is -2.24. The molecule has 2 aromatic carbocycles. The summed E-state index contributed by atoms with van der Waals surface area (Å²) in [5.41, 5.74) is 9.15. The zero-order valence-corrected chi connectivity index (χ0v) is 12.6. The molecule has 0 aliphatic carbocycles. The normalized spacial score (nSPS) is 12.0. The van der Waals surface area contributed by atoms with Crippen molar-refractivity contribution in [2.75, 3.05) is 13.6 Å². The van der Waals surface area contributed by atoms with Gasteiger partial charge in [0.1, 0.15) is 0 Å². The van der Waals surface area contributed by atoms with Gasteiger partial charge in [-0.25, -0.2) is 0 Å². The summed E-state index contributed by atoms with van der Waals surface area (Å²) >= 11 is 0. The highest BCUT2D eigenvalue weighted by Crippen LogP contribution is 2.18. The van der Waals surface area contributed by atoms with Crippen LogP contribution in [-0.2, 0) is 11.3 Å². The lowest BCUT2D eigenvalue weighted by Crippen LogP contribution is -2.35. The van der Waals surface area contributed by atoms with Crippen LogP contribution in [-0.4, -0.2) is 24.4 Å². The van der Waals surface area contributed by atoms with Gasteiger partial charge in [0.25, 0.3) is 0 Å². The highest BCUT2D eigenvalue weighted by atomic mass is 16.2. The van der Waals surface area contributed by atoms with E-state index in [1.807, 2.05) is 49.5 Å². The quantitative estimate of drug-likeness (QED) is 0.916. The molecule has 1 atom stereocenters. The lowest BCUT2D eigenvalue weighted by atomic mass is 9.97. The Kier molecular flexibility index (Phi) is 5.12. The third kappa shape index (κ3) is 3.70. The predicted molar refractivity (Wildman–Crippen MR) is 85.9 cm³/mol. The van der Waals surface area contributed by atoms with Crippen molar-refractivity contribution in [2.45, 2.75) is 19.4 Å². The van der Waals surface area contributed by atoms with E-state index < -0.39 is 0 Å². The molecule has 110 valence electrons. The van der Waals surface area contributed by atoms with Gasteiger partial charge in [0.2, 0.25) is 5.91 Å². The summed E-state index contributed by atoms with van der Waals surface area (Å²) in [6.07, 6.45) is 0. The first-order valence-corrected chi connectivity index (χ1v) is 7.18. The van der Waals surface area contributed by atoms with Crippen LogP contribution in [0.4, 0.5) is 0 Å². The van der Waals surface area contributed by atoms with Gasteiger partial charge in [0.05, 0.1) is 5.92 Å². The number of nitrogens with zero attached hydrogens (tertiary/aromatic N) is 1. The van der Waals surface area contributed by atoms with Crippen molar-refractivity contribution in [3.05, 3.63) is 71.3 Å². The van der Waals surface area contributed by atoms with Gasteiger partial charge >= 0.3 is 0 Å². The Balaban J connectivity index is 2.13. The first kappa shape index (κ1) is 15.3. The molecule has 0 bridgehead atoms. The van der Waals surface area contributed by atoms with Crippen LogP contribution >= 0.6 is 0 Å². The molecule has 0 unspecified atom stereocenters. The summed E-state index contributed by atoms with van der Waals surface area (Å²) in [6.45, 7) is 2.99. The molecule has 0 saturated carbocycles. The van der Waals surface area contributed by atoms with Crippen LogP contribution in [0.15, 0.2) is 54.6 Å². The van der Waals surface area contributed by atoms with E-state index >= 15 is 0 Å². The molecule has 0 radical (unpaired) electrons. The molecule has 0 heterocycles. The summed E-state index contributed by atoms with van der Waals surface area (Å²) in [4.78, 5) is 14.4. The van der Waals surface area contributed by atoms with E-state index in [9.17, 15) is 4.79 Å². The van der Waals surface area contributed by atoms with Crippen molar-refractivity contribution in [3.63, 3.8) is 0 Å². The number of carbonyl (C=O) groups excluding carboxylic acids is 1. The fourth-order valence-electron chi connectivity index (χ4n) is 2.45. The second-order valence-electron chi connectivity index (χ2n) is 5.32. The maximum atomic E-state index is 12.6. The molecule has 2 N–H and O–H groups in total. The number of rotatable bonds is 5. The van der Waals surface area contributed by atoms with Crippen LogP contribution < -0.4 is 5.73 Å². The third-order valence-electron chi connectivity index (χ3n) is 3.78. The maximum absolute atomic E-state index is 12.6. The highest BCUT2D eigenvalue weighted by Gasteiger charge is 2.22. The Morgan fingerprint density at radius 2 is 1.71 bits per heavy atom. The number of hydrogen-bond donors (Lipinski definition) is 1. The molecule has 0 saturated heterocycles. The molecule has 1 amide bonds. The van der Waals surface area contributed by atoms with Gasteiger partial charge in [-0.1, -0.05) is 54.6 Å². The van der Waals surface area contributed by atoms with Gasteiger partial charge in [-0.05, 0) is 23.6 Å². The zero-order chi connectivity index (χ0) is 15.2. The molecule has 2 aromatic rings. The number of nitrogens with two attached hydrogens (primary N) is 1. The van der Waals surface area contributed by atoms with Crippen molar-refractivity contribution >= 4 is 5.91 Å². The molecule has 2 rings (SSSR count). The fraction of sp³-hybridized carbons (Fsp3) is 0.278. The van der Waals surface area contributed by atoms with Gasteiger partial charge < -0.3 is 10.6 Å². The minimum Gasteiger partial charge on any atom is -0.341 e. The Labute approximate surface area is 126 Å². The molecule has 0 aliphatic rings. The van der Waals surface area contributed by atoms with Crippen LogP contribution in [0.3, 0.4) is 0 Å². The van der Waals surface area contributed by atoms with Gasteiger partial charge in [0, 0.05) is 20.1 Å². The Hall–Kier alpha value is -2.13. The SMILES string of the molecule is Cc1ccccc1CN(C)C(=O)[C@@H](CN)c1ccccc1. The maximum Gasteiger partial charge on any atom is 0.231 e. The Morgan fingerprint density at radius 3 is 2.33 bits per heavy atom. The summed E-state index contributed by atoms with van der Waals surface area (Å²) in [5.74, 6) is -0.216. The zero-order valence-electron chi connectivity index (χ0n) is 12.6. The first-order valence-electron chi connectivity index (χ1n) is 7.18. The Bertz CT molecular complexity index is 595. The smallest absolute Gasteiger partial charge is 0.231 e. The summed E-state index contributed by atoms with van der Waals surface area (Å²) in [6, 6.07) is 17.8. The first-order chi connectivity index (χ1) is 10.1.